The predicted molar refractivity (Wildman–Crippen MR) is 39.3 cm³/mol. The molecule has 0 saturated carbocycles. The first-order valence-electron chi connectivity index (χ1n) is 3.28. The lowest BCUT2D eigenvalue weighted by molar-refractivity contribution is -0.139. The van der Waals surface area contributed by atoms with Gasteiger partial charge in [-0.05, 0) is 13.8 Å². The highest BCUT2D eigenvalue weighted by molar-refractivity contribution is 5.97. The molecule has 0 aromatic rings. The monoisotopic (exact) mass is 160 g/mol. The van der Waals surface area contributed by atoms with Crippen LogP contribution in [0, 0.1) is 11.3 Å². The van der Waals surface area contributed by atoms with Gasteiger partial charge in [-0.2, -0.15) is 0 Å². The highest BCUT2D eigenvalue weighted by atomic mass is 16.6. The van der Waals surface area contributed by atoms with Crippen molar-refractivity contribution in [3.63, 3.8) is 0 Å². The van der Waals surface area contributed by atoms with Gasteiger partial charge in [0.25, 0.3) is 0 Å². The molecule has 0 spiro atoms. The minimum Gasteiger partial charge on any atom is -0.481 e. The van der Waals surface area contributed by atoms with Crippen LogP contribution in [0.25, 0.3) is 0 Å². The second-order valence-corrected chi connectivity index (χ2v) is 2.01. The van der Waals surface area contributed by atoms with E-state index in [4.69, 9.17) is 10.5 Å². The van der Waals surface area contributed by atoms with Crippen LogP contribution >= 0.6 is 0 Å². The Balaban J connectivity index is 3.74. The third kappa shape index (κ3) is 3.57. The minimum absolute atomic E-state index is 0.139. The first kappa shape index (κ1) is 9.90. The van der Waals surface area contributed by atoms with Crippen LogP contribution in [-0.2, 0) is 9.63 Å². The molecule has 0 saturated heterocycles. The smallest absolute Gasteiger partial charge is 0.313 e. The number of hydroxylamine groups is 1. The third-order valence-electron chi connectivity index (χ3n) is 1.13. The number of hydrogen-bond acceptors (Lipinski definition) is 3. The van der Waals surface area contributed by atoms with Gasteiger partial charge >= 0.3 is 5.97 Å². The fraction of sp³-hybridized carbons (Fsp3) is 0.667. The van der Waals surface area contributed by atoms with Crippen LogP contribution in [0.3, 0.4) is 0 Å². The zero-order valence-electron chi connectivity index (χ0n) is 6.55. The number of rotatable bonds is 4. The average molecular weight is 160 g/mol. The number of carboxylic acids is 1. The lowest BCUT2D eigenvalue weighted by atomic mass is 10.2. The molecular weight excluding hydrogens is 148 g/mol. The first-order valence-corrected chi connectivity index (χ1v) is 3.28. The normalized spacial score (nSPS) is 12.2. The van der Waals surface area contributed by atoms with Gasteiger partial charge in [-0.25, -0.2) is 0 Å². The second-order valence-electron chi connectivity index (χ2n) is 2.01. The van der Waals surface area contributed by atoms with E-state index in [0.29, 0.717) is 6.61 Å². The molecule has 0 aliphatic rings. The van der Waals surface area contributed by atoms with Gasteiger partial charge in [0.1, 0.15) is 11.8 Å². The van der Waals surface area contributed by atoms with Crippen molar-refractivity contribution in [3.8, 4) is 0 Å². The first-order chi connectivity index (χ1) is 5.09. The van der Waals surface area contributed by atoms with Crippen LogP contribution in [0.4, 0.5) is 0 Å². The molecule has 0 amide bonds. The number of carboxylic acid groups (broad SMARTS) is 1. The summed E-state index contributed by atoms with van der Waals surface area (Å²) in [6, 6.07) is 0. The van der Waals surface area contributed by atoms with Gasteiger partial charge in [0.05, 0.1) is 6.61 Å². The molecule has 3 N–H and O–H groups in total. The largest absolute Gasteiger partial charge is 0.481 e. The molecule has 11 heavy (non-hydrogen) atoms. The van der Waals surface area contributed by atoms with E-state index in [1.54, 1.807) is 6.92 Å². The summed E-state index contributed by atoms with van der Waals surface area (Å²) in [5, 5.41) is 15.5. The van der Waals surface area contributed by atoms with Crippen molar-refractivity contribution >= 4 is 11.8 Å². The number of carbonyl (C=O) groups is 1. The van der Waals surface area contributed by atoms with E-state index in [0.717, 1.165) is 0 Å². The van der Waals surface area contributed by atoms with Gasteiger partial charge in [-0.3, -0.25) is 20.5 Å². The molecule has 0 radical (unpaired) electrons. The number of aliphatic carboxylic acids is 1. The van der Waals surface area contributed by atoms with Crippen LogP contribution in [0.1, 0.15) is 13.8 Å². The molecule has 0 aliphatic carbocycles. The molecular formula is C6H12N2O3. The van der Waals surface area contributed by atoms with Gasteiger partial charge in [-0.15, -0.1) is 0 Å². The zero-order valence-corrected chi connectivity index (χ0v) is 6.55. The Bertz CT molecular complexity index is 158. The summed E-state index contributed by atoms with van der Waals surface area (Å²) >= 11 is 0. The van der Waals surface area contributed by atoms with E-state index in [-0.39, 0.29) is 5.84 Å². The van der Waals surface area contributed by atoms with E-state index < -0.39 is 11.9 Å². The number of hydrogen-bond donors (Lipinski definition) is 3. The highest BCUT2D eigenvalue weighted by Gasteiger charge is 2.16. The van der Waals surface area contributed by atoms with E-state index in [1.165, 1.54) is 6.92 Å². The molecule has 0 rings (SSSR count). The van der Waals surface area contributed by atoms with Crippen LogP contribution in [0.5, 0.6) is 0 Å². The molecule has 1 atom stereocenters. The second kappa shape index (κ2) is 4.68. The number of nitrogens with one attached hydrogen (secondary N) is 2. The molecule has 1 unspecified atom stereocenters. The zero-order chi connectivity index (χ0) is 8.85. The van der Waals surface area contributed by atoms with Crippen molar-refractivity contribution in [2.75, 3.05) is 6.61 Å². The molecule has 0 aliphatic heterocycles. The maximum Gasteiger partial charge on any atom is 0.313 e. The van der Waals surface area contributed by atoms with Gasteiger partial charge < -0.3 is 5.11 Å². The Labute approximate surface area is 64.8 Å². The summed E-state index contributed by atoms with van der Waals surface area (Å²) in [6.07, 6.45) is 0. The summed E-state index contributed by atoms with van der Waals surface area (Å²) in [6.45, 7) is 3.55. The topological polar surface area (TPSA) is 82.4 Å². The fourth-order valence-corrected chi connectivity index (χ4v) is 0.362. The van der Waals surface area contributed by atoms with Crippen molar-refractivity contribution < 1.29 is 14.7 Å². The Hall–Kier alpha value is -1.10. The Morgan fingerprint density at radius 1 is 1.82 bits per heavy atom. The van der Waals surface area contributed by atoms with Gasteiger partial charge in [0.15, 0.2) is 0 Å². The third-order valence-corrected chi connectivity index (χ3v) is 1.13. The molecule has 64 valence electrons. The lowest BCUT2D eigenvalue weighted by Crippen LogP contribution is -2.32. The Kier molecular flexibility index (Phi) is 4.21. The van der Waals surface area contributed by atoms with Crippen LogP contribution in [0.15, 0.2) is 0 Å². The Morgan fingerprint density at radius 2 is 2.36 bits per heavy atom. The van der Waals surface area contributed by atoms with Gasteiger partial charge in [-0.1, -0.05) is 0 Å². The highest BCUT2D eigenvalue weighted by Crippen LogP contribution is 1.93. The molecule has 5 nitrogen and oxygen atoms in total. The van der Waals surface area contributed by atoms with E-state index in [1.807, 2.05) is 0 Å². The maximum absolute atomic E-state index is 10.3. The van der Waals surface area contributed by atoms with Crippen molar-refractivity contribution in [2.45, 2.75) is 13.8 Å². The van der Waals surface area contributed by atoms with E-state index in [2.05, 4.69) is 10.3 Å². The Morgan fingerprint density at radius 3 is 2.73 bits per heavy atom. The van der Waals surface area contributed by atoms with Crippen molar-refractivity contribution in [3.05, 3.63) is 0 Å². The van der Waals surface area contributed by atoms with Gasteiger partial charge in [0.2, 0.25) is 0 Å². The lowest BCUT2D eigenvalue weighted by Gasteiger charge is -2.09. The summed E-state index contributed by atoms with van der Waals surface area (Å²) < 4.78 is 0. The molecule has 5 heteroatoms. The minimum atomic E-state index is -1.04. The van der Waals surface area contributed by atoms with Crippen LogP contribution < -0.4 is 5.48 Å². The van der Waals surface area contributed by atoms with E-state index >= 15 is 0 Å². The maximum atomic E-state index is 10.3. The van der Waals surface area contributed by atoms with Gasteiger partial charge in [0, 0.05) is 0 Å². The van der Waals surface area contributed by atoms with Crippen LogP contribution in [-0.4, -0.2) is 23.5 Å². The van der Waals surface area contributed by atoms with Crippen LogP contribution in [0.2, 0.25) is 0 Å². The molecule has 0 heterocycles. The average Bonchev–Trinajstić information content (AvgIpc) is 1.98. The molecule has 0 bridgehead atoms. The fourth-order valence-electron chi connectivity index (χ4n) is 0.362. The predicted octanol–water partition coefficient (Wildman–Crippen LogP) is 0.225. The SMILES string of the molecule is CCONC(=N)C(C)C(=O)O. The molecule has 0 aromatic heterocycles. The molecule has 0 aromatic carbocycles. The summed E-state index contributed by atoms with van der Waals surface area (Å²) in [5.41, 5.74) is 2.22. The summed E-state index contributed by atoms with van der Waals surface area (Å²) in [7, 11) is 0. The molecule has 0 fully saturated rings. The van der Waals surface area contributed by atoms with Crippen molar-refractivity contribution in [2.24, 2.45) is 5.92 Å². The summed E-state index contributed by atoms with van der Waals surface area (Å²) in [4.78, 5) is 14.9. The van der Waals surface area contributed by atoms with Crippen molar-refractivity contribution in [1.82, 2.24) is 5.48 Å². The van der Waals surface area contributed by atoms with E-state index in [9.17, 15) is 4.79 Å². The quantitative estimate of drug-likeness (QED) is 0.312. The summed E-state index contributed by atoms with van der Waals surface area (Å²) in [5.74, 6) is -2.02. The number of amidine groups is 1. The van der Waals surface area contributed by atoms with Crippen molar-refractivity contribution in [1.29, 1.82) is 5.41 Å². The standard InChI is InChI=1S/C6H12N2O3/c1-3-11-8-5(7)4(2)6(9)10/h4H,3H2,1-2H3,(H2,7,8)(H,9,10).